The minimum absolute atomic E-state index is 0. The SMILES string of the molecule is CCNC(=NCCCCN1CCC(C)CC1)NCCSC.I. The number of hydrogen-bond donors (Lipinski definition) is 2. The van der Waals surface area contributed by atoms with Crippen molar-refractivity contribution in [3.63, 3.8) is 0 Å². The van der Waals surface area contributed by atoms with E-state index in [9.17, 15) is 0 Å². The molecule has 0 aromatic carbocycles. The molecular weight excluding hydrogens is 407 g/mol. The fraction of sp³-hybridized carbons (Fsp3) is 0.938. The number of aliphatic imine (C=N–C) groups is 1. The molecule has 1 heterocycles. The summed E-state index contributed by atoms with van der Waals surface area (Å²) in [6.07, 6.45) is 7.34. The third kappa shape index (κ3) is 10.9. The molecule has 0 spiro atoms. The molecule has 0 aromatic rings. The lowest BCUT2D eigenvalue weighted by Gasteiger charge is -2.30. The first-order chi connectivity index (χ1) is 10.3. The Morgan fingerprint density at radius 2 is 1.95 bits per heavy atom. The van der Waals surface area contributed by atoms with E-state index in [1.54, 1.807) is 0 Å². The van der Waals surface area contributed by atoms with Crippen LogP contribution in [0.25, 0.3) is 0 Å². The second-order valence-corrected chi connectivity index (χ2v) is 6.90. The van der Waals surface area contributed by atoms with Crippen LogP contribution in [-0.4, -0.2) is 62.1 Å². The van der Waals surface area contributed by atoms with Gasteiger partial charge in [-0.2, -0.15) is 11.8 Å². The highest BCUT2D eigenvalue weighted by Crippen LogP contribution is 2.16. The molecule has 0 aliphatic carbocycles. The van der Waals surface area contributed by atoms with E-state index in [0.29, 0.717) is 0 Å². The van der Waals surface area contributed by atoms with Gasteiger partial charge in [0, 0.05) is 25.4 Å². The molecular formula is C16H35IN4S. The Morgan fingerprint density at radius 1 is 1.23 bits per heavy atom. The molecule has 4 nitrogen and oxygen atoms in total. The van der Waals surface area contributed by atoms with E-state index in [1.807, 2.05) is 11.8 Å². The van der Waals surface area contributed by atoms with Crippen LogP contribution in [0.3, 0.4) is 0 Å². The fourth-order valence-corrected chi connectivity index (χ4v) is 2.84. The predicted octanol–water partition coefficient (Wildman–Crippen LogP) is 3.03. The molecule has 0 saturated carbocycles. The van der Waals surface area contributed by atoms with E-state index in [0.717, 1.165) is 37.3 Å². The van der Waals surface area contributed by atoms with Crippen LogP contribution in [0.2, 0.25) is 0 Å². The molecule has 1 fully saturated rings. The van der Waals surface area contributed by atoms with Gasteiger partial charge in [0.05, 0.1) is 0 Å². The predicted molar refractivity (Wildman–Crippen MR) is 112 cm³/mol. The lowest BCUT2D eigenvalue weighted by Crippen LogP contribution is -2.38. The van der Waals surface area contributed by atoms with Gasteiger partial charge in [0.15, 0.2) is 5.96 Å². The summed E-state index contributed by atoms with van der Waals surface area (Å²) in [7, 11) is 0. The Balaban J connectivity index is 0.00000441. The van der Waals surface area contributed by atoms with Gasteiger partial charge in [-0.3, -0.25) is 4.99 Å². The van der Waals surface area contributed by atoms with E-state index in [4.69, 9.17) is 0 Å². The Kier molecular flexibility index (Phi) is 15.1. The first-order valence-corrected chi connectivity index (χ1v) is 9.89. The van der Waals surface area contributed by atoms with Crippen LogP contribution in [0.15, 0.2) is 4.99 Å². The highest BCUT2D eigenvalue weighted by molar-refractivity contribution is 14.0. The summed E-state index contributed by atoms with van der Waals surface area (Å²) in [5.41, 5.74) is 0. The Hall–Kier alpha value is 0.310. The van der Waals surface area contributed by atoms with Gasteiger partial charge in [0.25, 0.3) is 0 Å². The number of halogens is 1. The maximum atomic E-state index is 4.65. The van der Waals surface area contributed by atoms with Crippen LogP contribution in [0, 0.1) is 5.92 Å². The number of likely N-dealkylation sites (tertiary alicyclic amines) is 1. The molecule has 0 amide bonds. The Bertz CT molecular complexity index is 281. The molecule has 1 rings (SSSR count). The van der Waals surface area contributed by atoms with E-state index < -0.39 is 0 Å². The van der Waals surface area contributed by atoms with Crippen molar-refractivity contribution >= 4 is 41.7 Å². The van der Waals surface area contributed by atoms with Gasteiger partial charge in [0.1, 0.15) is 0 Å². The normalized spacial score (nSPS) is 17.1. The number of hydrogen-bond acceptors (Lipinski definition) is 3. The Labute approximate surface area is 158 Å². The quantitative estimate of drug-likeness (QED) is 0.249. The molecule has 1 saturated heterocycles. The second kappa shape index (κ2) is 14.9. The van der Waals surface area contributed by atoms with Crippen molar-refractivity contribution in [2.75, 3.05) is 51.3 Å². The molecule has 22 heavy (non-hydrogen) atoms. The van der Waals surface area contributed by atoms with Crippen LogP contribution in [0.4, 0.5) is 0 Å². The van der Waals surface area contributed by atoms with Gasteiger partial charge in [0.2, 0.25) is 0 Å². The van der Waals surface area contributed by atoms with Gasteiger partial charge >= 0.3 is 0 Å². The summed E-state index contributed by atoms with van der Waals surface area (Å²) in [6, 6.07) is 0. The molecule has 2 N–H and O–H groups in total. The Morgan fingerprint density at radius 3 is 2.59 bits per heavy atom. The van der Waals surface area contributed by atoms with Crippen molar-refractivity contribution in [3.8, 4) is 0 Å². The smallest absolute Gasteiger partial charge is 0.191 e. The van der Waals surface area contributed by atoms with Crippen molar-refractivity contribution in [1.82, 2.24) is 15.5 Å². The van der Waals surface area contributed by atoms with Crippen LogP contribution in [0.1, 0.15) is 39.5 Å². The summed E-state index contributed by atoms with van der Waals surface area (Å²) in [6.45, 7) is 11.2. The first-order valence-electron chi connectivity index (χ1n) is 8.49. The van der Waals surface area contributed by atoms with E-state index in [1.165, 1.54) is 45.3 Å². The van der Waals surface area contributed by atoms with Gasteiger partial charge < -0.3 is 15.5 Å². The minimum Gasteiger partial charge on any atom is -0.357 e. The van der Waals surface area contributed by atoms with Crippen LogP contribution >= 0.6 is 35.7 Å². The number of piperidine rings is 1. The summed E-state index contributed by atoms with van der Waals surface area (Å²) < 4.78 is 0. The fourth-order valence-electron chi connectivity index (χ4n) is 2.54. The molecule has 1 aliphatic rings. The minimum atomic E-state index is 0. The van der Waals surface area contributed by atoms with E-state index in [2.05, 4.69) is 40.6 Å². The van der Waals surface area contributed by atoms with Crippen molar-refractivity contribution < 1.29 is 0 Å². The average Bonchev–Trinajstić information content (AvgIpc) is 2.49. The zero-order valence-corrected chi connectivity index (χ0v) is 17.7. The first kappa shape index (κ1) is 22.3. The third-order valence-electron chi connectivity index (χ3n) is 3.97. The van der Waals surface area contributed by atoms with Crippen molar-refractivity contribution in [2.45, 2.75) is 39.5 Å². The molecule has 0 radical (unpaired) electrons. The zero-order chi connectivity index (χ0) is 15.3. The van der Waals surface area contributed by atoms with E-state index in [-0.39, 0.29) is 24.0 Å². The largest absolute Gasteiger partial charge is 0.357 e. The van der Waals surface area contributed by atoms with Crippen molar-refractivity contribution in [3.05, 3.63) is 0 Å². The zero-order valence-electron chi connectivity index (χ0n) is 14.6. The van der Waals surface area contributed by atoms with Crippen LogP contribution in [-0.2, 0) is 0 Å². The molecule has 132 valence electrons. The standard InChI is InChI=1S/C16H34N4S.HI/c1-4-17-16(19-10-14-21-3)18-9-5-6-11-20-12-7-15(2)8-13-20;/h15H,4-14H2,1-3H3,(H2,17,18,19);1H. The summed E-state index contributed by atoms with van der Waals surface area (Å²) >= 11 is 1.86. The topological polar surface area (TPSA) is 39.7 Å². The summed E-state index contributed by atoms with van der Waals surface area (Å²) in [4.78, 5) is 7.26. The van der Waals surface area contributed by atoms with Gasteiger partial charge in [-0.1, -0.05) is 6.92 Å². The maximum Gasteiger partial charge on any atom is 0.191 e. The number of nitrogens with one attached hydrogen (secondary N) is 2. The monoisotopic (exact) mass is 442 g/mol. The van der Waals surface area contributed by atoms with Gasteiger partial charge in [-0.25, -0.2) is 0 Å². The van der Waals surface area contributed by atoms with Crippen molar-refractivity contribution in [1.29, 1.82) is 0 Å². The number of thioether (sulfide) groups is 1. The second-order valence-electron chi connectivity index (χ2n) is 5.91. The molecule has 0 aromatic heterocycles. The molecule has 0 unspecified atom stereocenters. The molecule has 6 heteroatoms. The number of unbranched alkanes of at least 4 members (excludes halogenated alkanes) is 1. The van der Waals surface area contributed by atoms with Gasteiger partial charge in [-0.05, 0) is 64.4 Å². The lowest BCUT2D eigenvalue weighted by molar-refractivity contribution is 0.190. The highest BCUT2D eigenvalue weighted by atomic mass is 127. The number of guanidine groups is 1. The van der Waals surface area contributed by atoms with Gasteiger partial charge in [-0.15, -0.1) is 24.0 Å². The molecule has 1 aliphatic heterocycles. The maximum absolute atomic E-state index is 4.65. The van der Waals surface area contributed by atoms with Crippen molar-refractivity contribution in [2.24, 2.45) is 10.9 Å². The number of nitrogens with zero attached hydrogens (tertiary/aromatic N) is 2. The lowest BCUT2D eigenvalue weighted by atomic mass is 9.99. The van der Waals surface area contributed by atoms with Crippen LogP contribution in [0.5, 0.6) is 0 Å². The average molecular weight is 442 g/mol. The molecule has 0 bridgehead atoms. The summed E-state index contributed by atoms with van der Waals surface area (Å²) in [5.74, 6) is 3.02. The third-order valence-corrected chi connectivity index (χ3v) is 4.58. The van der Waals surface area contributed by atoms with Crippen LogP contribution < -0.4 is 10.6 Å². The highest BCUT2D eigenvalue weighted by Gasteiger charge is 2.14. The summed E-state index contributed by atoms with van der Waals surface area (Å²) in [5, 5.41) is 6.68. The molecule has 0 atom stereocenters. The number of rotatable bonds is 9. The van der Waals surface area contributed by atoms with E-state index >= 15 is 0 Å².